The van der Waals surface area contributed by atoms with Gasteiger partial charge in [0.15, 0.2) is 0 Å². The first-order valence-corrected chi connectivity index (χ1v) is 4.76. The molecule has 0 aliphatic carbocycles. The Balaban J connectivity index is 0.000000461. The second kappa shape index (κ2) is 5.02. The molecule has 0 unspecified atom stereocenters. The Bertz CT molecular complexity index is 433. The molecule has 4 heteroatoms. The molecule has 0 saturated heterocycles. The zero-order valence-corrected chi connectivity index (χ0v) is 9.18. The van der Waals surface area contributed by atoms with E-state index in [0.29, 0.717) is 4.47 Å². The molecule has 0 radical (unpaired) electrons. The molecule has 2 nitrogen and oxygen atoms in total. The molecular weight excluding hydrogens is 249 g/mol. The Kier molecular flexibility index (Phi) is 3.98. The molecule has 0 fully saturated rings. The fourth-order valence-corrected chi connectivity index (χ4v) is 1.56. The van der Waals surface area contributed by atoms with E-state index in [-0.39, 0.29) is 5.82 Å². The number of benzene rings is 1. The third kappa shape index (κ3) is 2.08. The number of hydrogen-bond donors (Lipinski definition) is 0. The highest BCUT2D eigenvalue weighted by molar-refractivity contribution is 9.10. The van der Waals surface area contributed by atoms with E-state index in [4.69, 9.17) is 5.11 Å². The molecule has 0 atom stereocenters. The second-order valence-electron chi connectivity index (χ2n) is 2.46. The maximum absolute atomic E-state index is 13.0. The van der Waals surface area contributed by atoms with E-state index in [0.717, 1.165) is 10.8 Å². The van der Waals surface area contributed by atoms with Crippen LogP contribution in [0.5, 0.6) is 0 Å². The predicted molar refractivity (Wildman–Crippen MR) is 58.9 cm³/mol. The highest BCUT2D eigenvalue weighted by Gasteiger charge is 2.02. The Morgan fingerprint density at radius 2 is 2.00 bits per heavy atom. The Morgan fingerprint density at radius 1 is 1.29 bits per heavy atom. The lowest BCUT2D eigenvalue weighted by atomic mass is 10.2. The van der Waals surface area contributed by atoms with Crippen molar-refractivity contribution in [3.8, 4) is 0 Å². The maximum atomic E-state index is 13.0. The Hall–Kier alpha value is -1.00. The van der Waals surface area contributed by atoms with Gasteiger partial charge >= 0.3 is 0 Å². The van der Waals surface area contributed by atoms with E-state index in [2.05, 4.69) is 20.9 Å². The zero-order valence-electron chi connectivity index (χ0n) is 7.59. The number of halogens is 2. The van der Waals surface area contributed by atoms with E-state index in [1.54, 1.807) is 18.5 Å². The van der Waals surface area contributed by atoms with Crippen molar-refractivity contribution in [3.05, 3.63) is 40.9 Å². The molecule has 0 spiro atoms. The van der Waals surface area contributed by atoms with Crippen LogP contribution in [0.25, 0.3) is 10.8 Å². The zero-order chi connectivity index (χ0) is 10.6. The van der Waals surface area contributed by atoms with Crippen molar-refractivity contribution >= 4 is 26.7 Å². The predicted octanol–water partition coefficient (Wildman–Crippen LogP) is 2.48. The summed E-state index contributed by atoms with van der Waals surface area (Å²) in [5.74, 6) is -0.254. The fourth-order valence-electron chi connectivity index (χ4n) is 1.10. The highest BCUT2D eigenvalue weighted by atomic mass is 79.9. The standard InChI is InChI=1S/C9H5BrFN.CH4O/c10-9-7-5-12-4-3-6(7)1-2-8(9)11;1-2/h1-5H;2H,1H3/p+1. The number of nitrogens with zero attached hydrogens (tertiary/aromatic N) is 1. The summed E-state index contributed by atoms with van der Waals surface area (Å²) < 4.78 is 13.5. The molecule has 2 N–H and O–H groups in total. The van der Waals surface area contributed by atoms with Gasteiger partial charge in [0, 0.05) is 17.8 Å². The summed E-state index contributed by atoms with van der Waals surface area (Å²) >= 11 is 3.17. The van der Waals surface area contributed by atoms with Crippen LogP contribution in [0.1, 0.15) is 0 Å². The lowest BCUT2D eigenvalue weighted by Crippen LogP contribution is -1.81. The summed E-state index contributed by atoms with van der Waals surface area (Å²) in [5.41, 5.74) is 0. The molecule has 74 valence electrons. The van der Waals surface area contributed by atoms with Crippen LogP contribution in [0.2, 0.25) is 0 Å². The number of rotatable bonds is 0. The normalized spacial score (nSPS) is 9.43. The van der Waals surface area contributed by atoms with E-state index in [9.17, 15) is 4.39 Å². The molecule has 0 bridgehead atoms. The summed E-state index contributed by atoms with van der Waals surface area (Å²) in [4.78, 5) is 3.92. The fraction of sp³-hybridized carbons (Fsp3) is 0.100. The van der Waals surface area contributed by atoms with Gasteiger partial charge in [-0.2, -0.15) is 0 Å². The van der Waals surface area contributed by atoms with Gasteiger partial charge in [0.25, 0.3) is 0 Å². The number of fused-ring (bicyclic) bond motifs is 1. The molecular formula is C10H10BrFNO+. The van der Waals surface area contributed by atoms with E-state index in [1.165, 1.54) is 13.2 Å². The van der Waals surface area contributed by atoms with Crippen molar-refractivity contribution in [2.75, 3.05) is 7.11 Å². The van der Waals surface area contributed by atoms with Crippen LogP contribution < -0.4 is 0 Å². The minimum absolute atomic E-state index is 0.254. The van der Waals surface area contributed by atoms with Gasteiger partial charge in [-0.1, -0.05) is 6.07 Å². The quantitative estimate of drug-likeness (QED) is 0.669. The molecule has 14 heavy (non-hydrogen) atoms. The lowest BCUT2D eigenvalue weighted by Gasteiger charge is -1.99. The van der Waals surface area contributed by atoms with Crippen molar-refractivity contribution in [3.63, 3.8) is 0 Å². The minimum Gasteiger partial charge on any atom is -0.448 e. The number of pyridine rings is 1. The van der Waals surface area contributed by atoms with Crippen LogP contribution >= 0.6 is 15.9 Å². The SMILES string of the molecule is C[OH2+].Fc1ccc2ccncc2c1Br. The first kappa shape index (κ1) is 11.1. The Labute approximate surface area is 89.5 Å². The molecule has 0 amide bonds. The maximum Gasteiger partial charge on any atom is 0.138 e. The summed E-state index contributed by atoms with van der Waals surface area (Å²) in [7, 11) is 1.25. The first-order valence-electron chi connectivity index (χ1n) is 3.97. The number of aromatic nitrogens is 1. The molecule has 0 aliphatic heterocycles. The van der Waals surface area contributed by atoms with Crippen LogP contribution in [0, 0.1) is 5.82 Å². The highest BCUT2D eigenvalue weighted by Crippen LogP contribution is 2.25. The minimum atomic E-state index is -0.254. The van der Waals surface area contributed by atoms with Crippen molar-refractivity contribution in [2.45, 2.75) is 0 Å². The topological polar surface area (TPSA) is 35.8 Å². The molecule has 0 saturated carbocycles. The average Bonchev–Trinajstić information content (AvgIpc) is 2.27. The molecule has 2 rings (SSSR count). The molecule has 1 aromatic carbocycles. The summed E-state index contributed by atoms with van der Waals surface area (Å²) in [5, 5.41) is 7.54. The van der Waals surface area contributed by atoms with Gasteiger partial charge in [0.1, 0.15) is 12.9 Å². The van der Waals surface area contributed by atoms with Crippen molar-refractivity contribution in [2.24, 2.45) is 0 Å². The van der Waals surface area contributed by atoms with E-state index >= 15 is 0 Å². The van der Waals surface area contributed by atoms with Gasteiger partial charge in [-0.3, -0.25) is 4.98 Å². The summed E-state index contributed by atoms with van der Waals surface area (Å²) in [6.45, 7) is 0. The van der Waals surface area contributed by atoms with Crippen LogP contribution in [0.4, 0.5) is 4.39 Å². The van der Waals surface area contributed by atoms with Crippen LogP contribution in [0.3, 0.4) is 0 Å². The monoisotopic (exact) mass is 258 g/mol. The van der Waals surface area contributed by atoms with Crippen LogP contribution in [0.15, 0.2) is 35.1 Å². The van der Waals surface area contributed by atoms with E-state index < -0.39 is 0 Å². The largest absolute Gasteiger partial charge is 0.448 e. The van der Waals surface area contributed by atoms with Crippen LogP contribution in [-0.4, -0.2) is 17.2 Å². The van der Waals surface area contributed by atoms with Gasteiger partial charge in [-0.25, -0.2) is 4.39 Å². The summed E-state index contributed by atoms with van der Waals surface area (Å²) in [6, 6.07) is 5.02. The van der Waals surface area contributed by atoms with Gasteiger partial charge in [0.05, 0.1) is 4.47 Å². The average molecular weight is 259 g/mol. The van der Waals surface area contributed by atoms with Gasteiger partial charge < -0.3 is 5.11 Å². The lowest BCUT2D eigenvalue weighted by molar-refractivity contribution is 0.399. The Morgan fingerprint density at radius 3 is 2.71 bits per heavy atom. The smallest absolute Gasteiger partial charge is 0.138 e. The summed E-state index contributed by atoms with van der Waals surface area (Å²) in [6.07, 6.45) is 3.33. The third-order valence-electron chi connectivity index (χ3n) is 1.71. The van der Waals surface area contributed by atoms with E-state index in [1.807, 2.05) is 6.07 Å². The number of hydrogen-bond acceptors (Lipinski definition) is 1. The van der Waals surface area contributed by atoms with Gasteiger partial charge in [-0.15, -0.1) is 0 Å². The molecule has 1 aromatic heterocycles. The van der Waals surface area contributed by atoms with Crippen molar-refractivity contribution in [1.29, 1.82) is 0 Å². The second-order valence-corrected chi connectivity index (χ2v) is 3.25. The molecule has 2 aromatic rings. The third-order valence-corrected chi connectivity index (χ3v) is 2.52. The molecule has 0 aliphatic rings. The van der Waals surface area contributed by atoms with Crippen LogP contribution in [-0.2, 0) is 0 Å². The van der Waals surface area contributed by atoms with Gasteiger partial charge in [-0.05, 0) is 33.4 Å². The molecule has 1 heterocycles. The van der Waals surface area contributed by atoms with Crippen molar-refractivity contribution in [1.82, 2.24) is 4.98 Å². The van der Waals surface area contributed by atoms with Crippen molar-refractivity contribution < 1.29 is 9.50 Å². The first-order chi connectivity index (χ1) is 6.79. The van der Waals surface area contributed by atoms with Gasteiger partial charge in [0.2, 0.25) is 0 Å².